The minimum Gasteiger partial charge on any atom is -0.496 e. The summed E-state index contributed by atoms with van der Waals surface area (Å²) < 4.78 is 5.34. The zero-order valence-electron chi connectivity index (χ0n) is 9.85. The highest BCUT2D eigenvalue weighted by Crippen LogP contribution is 2.36. The second kappa shape index (κ2) is 5.04. The number of benzene rings is 1. The number of hydrogen-bond acceptors (Lipinski definition) is 2. The van der Waals surface area contributed by atoms with E-state index >= 15 is 0 Å². The van der Waals surface area contributed by atoms with Crippen molar-refractivity contribution in [3.05, 3.63) is 41.5 Å². The second-order valence-corrected chi connectivity index (χ2v) is 4.25. The second-order valence-electron chi connectivity index (χ2n) is 4.25. The van der Waals surface area contributed by atoms with Gasteiger partial charge < -0.3 is 9.84 Å². The normalized spacial score (nSPS) is 19.6. The van der Waals surface area contributed by atoms with E-state index in [9.17, 15) is 4.79 Å². The minimum absolute atomic E-state index is 0.370. The Morgan fingerprint density at radius 1 is 1.41 bits per heavy atom. The van der Waals surface area contributed by atoms with Crippen LogP contribution < -0.4 is 4.74 Å². The van der Waals surface area contributed by atoms with E-state index in [1.54, 1.807) is 7.11 Å². The van der Waals surface area contributed by atoms with Gasteiger partial charge in [-0.05, 0) is 36.8 Å². The summed E-state index contributed by atoms with van der Waals surface area (Å²) in [4.78, 5) is 10.8. The summed E-state index contributed by atoms with van der Waals surface area (Å²) in [5.41, 5.74) is 1.71. The maximum Gasteiger partial charge on any atom is 0.331 e. The van der Waals surface area contributed by atoms with E-state index in [2.05, 4.69) is 6.07 Å². The molecule has 1 atom stereocenters. The monoisotopic (exact) mass is 232 g/mol. The van der Waals surface area contributed by atoms with E-state index in [4.69, 9.17) is 9.84 Å². The average molecular weight is 232 g/mol. The highest BCUT2D eigenvalue weighted by atomic mass is 16.5. The standard InChI is InChI=1S/C14H16O3/c1-17-13-5-3-2-4-12(13)10-6-8-11(9-7-10)14(15)16/h2-5,8,10H,6-7,9H2,1H3,(H,15,16). The smallest absolute Gasteiger partial charge is 0.331 e. The molecule has 2 rings (SSSR count). The molecule has 0 saturated heterocycles. The maximum absolute atomic E-state index is 10.8. The summed E-state index contributed by atoms with van der Waals surface area (Å²) >= 11 is 0. The number of carboxylic acid groups (broad SMARTS) is 1. The molecular weight excluding hydrogens is 216 g/mol. The molecule has 1 aliphatic rings. The van der Waals surface area contributed by atoms with Gasteiger partial charge in [0.2, 0.25) is 0 Å². The van der Waals surface area contributed by atoms with Crippen LogP contribution in [0.5, 0.6) is 5.75 Å². The molecule has 1 aromatic carbocycles. The molecule has 3 nitrogen and oxygen atoms in total. The van der Waals surface area contributed by atoms with Crippen molar-refractivity contribution in [1.82, 2.24) is 0 Å². The van der Waals surface area contributed by atoms with Gasteiger partial charge in [-0.3, -0.25) is 0 Å². The molecule has 90 valence electrons. The zero-order valence-corrected chi connectivity index (χ0v) is 9.85. The molecule has 1 N–H and O–H groups in total. The maximum atomic E-state index is 10.8. The number of para-hydroxylation sites is 1. The van der Waals surface area contributed by atoms with Gasteiger partial charge in [0.15, 0.2) is 0 Å². The number of allylic oxidation sites excluding steroid dienone is 1. The van der Waals surface area contributed by atoms with Crippen LogP contribution in [0.4, 0.5) is 0 Å². The van der Waals surface area contributed by atoms with E-state index in [1.165, 1.54) is 5.56 Å². The fourth-order valence-corrected chi connectivity index (χ4v) is 2.31. The fourth-order valence-electron chi connectivity index (χ4n) is 2.31. The van der Waals surface area contributed by atoms with Crippen LogP contribution >= 0.6 is 0 Å². The van der Waals surface area contributed by atoms with Crippen molar-refractivity contribution >= 4 is 5.97 Å². The number of ether oxygens (including phenoxy) is 1. The van der Waals surface area contributed by atoms with Crippen LogP contribution in [0.1, 0.15) is 30.7 Å². The van der Waals surface area contributed by atoms with Crippen molar-refractivity contribution in [2.75, 3.05) is 7.11 Å². The summed E-state index contributed by atoms with van der Waals surface area (Å²) in [5.74, 6) is 0.474. The summed E-state index contributed by atoms with van der Waals surface area (Å²) in [7, 11) is 1.67. The van der Waals surface area contributed by atoms with Gasteiger partial charge in [-0.1, -0.05) is 24.3 Å². The largest absolute Gasteiger partial charge is 0.496 e. The lowest BCUT2D eigenvalue weighted by molar-refractivity contribution is -0.132. The predicted octanol–water partition coefficient (Wildman–Crippen LogP) is 2.97. The fraction of sp³-hybridized carbons (Fsp3) is 0.357. The first-order chi connectivity index (χ1) is 8.22. The number of rotatable bonds is 3. The van der Waals surface area contributed by atoms with Crippen molar-refractivity contribution in [3.63, 3.8) is 0 Å². The van der Waals surface area contributed by atoms with Gasteiger partial charge in [0, 0.05) is 5.57 Å². The number of aliphatic carboxylic acids is 1. The Morgan fingerprint density at radius 2 is 2.18 bits per heavy atom. The van der Waals surface area contributed by atoms with Crippen molar-refractivity contribution in [2.24, 2.45) is 0 Å². The molecule has 3 heteroatoms. The third kappa shape index (κ3) is 2.49. The first-order valence-electron chi connectivity index (χ1n) is 5.77. The van der Waals surface area contributed by atoms with Crippen molar-refractivity contribution in [1.29, 1.82) is 0 Å². The van der Waals surface area contributed by atoms with Crippen molar-refractivity contribution < 1.29 is 14.6 Å². The van der Waals surface area contributed by atoms with Crippen LogP contribution in [-0.2, 0) is 4.79 Å². The Labute approximate surface area is 101 Å². The molecule has 0 radical (unpaired) electrons. The van der Waals surface area contributed by atoms with Crippen molar-refractivity contribution in [2.45, 2.75) is 25.2 Å². The lowest BCUT2D eigenvalue weighted by Gasteiger charge is -2.22. The third-order valence-corrected chi connectivity index (χ3v) is 3.26. The van der Waals surface area contributed by atoms with Gasteiger partial charge in [-0.25, -0.2) is 4.79 Å². The molecule has 1 unspecified atom stereocenters. The summed E-state index contributed by atoms with van der Waals surface area (Å²) in [6, 6.07) is 7.95. The first kappa shape index (κ1) is 11.7. The Morgan fingerprint density at radius 3 is 2.76 bits per heavy atom. The van der Waals surface area contributed by atoms with Gasteiger partial charge in [-0.2, -0.15) is 0 Å². The Hall–Kier alpha value is -1.77. The molecule has 0 spiro atoms. The van der Waals surface area contributed by atoms with Gasteiger partial charge in [0.05, 0.1) is 7.11 Å². The van der Waals surface area contributed by atoms with Crippen LogP contribution in [0, 0.1) is 0 Å². The Kier molecular flexibility index (Phi) is 3.47. The van der Waals surface area contributed by atoms with E-state index in [0.717, 1.165) is 18.6 Å². The van der Waals surface area contributed by atoms with Gasteiger partial charge in [-0.15, -0.1) is 0 Å². The average Bonchev–Trinajstić information content (AvgIpc) is 2.39. The van der Waals surface area contributed by atoms with E-state index < -0.39 is 5.97 Å². The summed E-state index contributed by atoms with van der Waals surface area (Å²) in [6.07, 6.45) is 4.13. The topological polar surface area (TPSA) is 46.5 Å². The number of carboxylic acids is 1. The Balaban J connectivity index is 2.18. The number of carbonyl (C=O) groups is 1. The molecule has 0 bridgehead atoms. The lowest BCUT2D eigenvalue weighted by Crippen LogP contribution is -2.10. The highest BCUT2D eigenvalue weighted by molar-refractivity contribution is 5.86. The van der Waals surface area contributed by atoms with E-state index in [-0.39, 0.29) is 0 Å². The summed E-state index contributed by atoms with van der Waals surface area (Å²) in [6.45, 7) is 0. The van der Waals surface area contributed by atoms with Gasteiger partial charge in [0.1, 0.15) is 5.75 Å². The van der Waals surface area contributed by atoms with Crippen LogP contribution in [-0.4, -0.2) is 18.2 Å². The summed E-state index contributed by atoms with van der Waals surface area (Å²) in [5, 5.41) is 8.90. The Bertz CT molecular complexity index is 449. The number of hydrogen-bond donors (Lipinski definition) is 1. The molecule has 0 saturated carbocycles. The van der Waals surface area contributed by atoms with Crippen LogP contribution in [0.25, 0.3) is 0 Å². The molecular formula is C14H16O3. The SMILES string of the molecule is COc1ccccc1C1CC=C(C(=O)O)CC1. The zero-order chi connectivity index (χ0) is 12.3. The molecule has 0 amide bonds. The first-order valence-corrected chi connectivity index (χ1v) is 5.77. The van der Waals surface area contributed by atoms with Crippen LogP contribution in [0.15, 0.2) is 35.9 Å². The lowest BCUT2D eigenvalue weighted by atomic mass is 9.84. The molecule has 0 heterocycles. The molecule has 17 heavy (non-hydrogen) atoms. The molecule has 1 aliphatic carbocycles. The van der Waals surface area contributed by atoms with E-state index in [1.807, 2.05) is 24.3 Å². The minimum atomic E-state index is -0.788. The quantitative estimate of drug-likeness (QED) is 0.871. The van der Waals surface area contributed by atoms with Gasteiger partial charge >= 0.3 is 5.97 Å². The molecule has 1 aromatic rings. The third-order valence-electron chi connectivity index (χ3n) is 3.26. The predicted molar refractivity (Wildman–Crippen MR) is 65.3 cm³/mol. The van der Waals surface area contributed by atoms with Gasteiger partial charge in [0.25, 0.3) is 0 Å². The van der Waals surface area contributed by atoms with Crippen LogP contribution in [0.2, 0.25) is 0 Å². The van der Waals surface area contributed by atoms with Crippen molar-refractivity contribution in [3.8, 4) is 5.75 Å². The highest BCUT2D eigenvalue weighted by Gasteiger charge is 2.21. The molecule has 0 fully saturated rings. The molecule has 0 aromatic heterocycles. The van der Waals surface area contributed by atoms with Crippen LogP contribution in [0.3, 0.4) is 0 Å². The molecule has 0 aliphatic heterocycles. The number of methoxy groups -OCH3 is 1. The van der Waals surface area contributed by atoms with E-state index in [0.29, 0.717) is 17.9 Å².